The summed E-state index contributed by atoms with van der Waals surface area (Å²) in [7, 11) is -3.38. The number of benzene rings is 2. The van der Waals surface area contributed by atoms with Gasteiger partial charge in [-0.25, -0.2) is 8.42 Å². The van der Waals surface area contributed by atoms with Crippen molar-refractivity contribution in [1.82, 2.24) is 0 Å². The molecule has 0 heterocycles. The molecule has 0 aromatic heterocycles. The van der Waals surface area contributed by atoms with Crippen LogP contribution in [0.1, 0.15) is 21.5 Å². The molecule has 0 saturated carbocycles. The van der Waals surface area contributed by atoms with E-state index in [0.717, 1.165) is 6.26 Å². The van der Waals surface area contributed by atoms with Crippen LogP contribution < -0.4 is 5.32 Å². The van der Waals surface area contributed by atoms with E-state index in [0.29, 0.717) is 16.8 Å². The van der Waals surface area contributed by atoms with Crippen molar-refractivity contribution < 1.29 is 13.2 Å². The number of aryl methyl sites for hydroxylation is 1. The molecule has 0 bridgehead atoms. The Hall–Kier alpha value is -2.65. The predicted octanol–water partition coefficient (Wildman–Crippen LogP) is 2.52. The molecule has 0 aliphatic carbocycles. The molecule has 0 fully saturated rings. The van der Waals surface area contributed by atoms with Crippen molar-refractivity contribution in [3.63, 3.8) is 0 Å². The lowest BCUT2D eigenvalue weighted by molar-refractivity contribution is 0.102. The fraction of sp³-hybridized carbons (Fsp3) is 0.125. The van der Waals surface area contributed by atoms with Crippen LogP contribution in [0, 0.1) is 18.3 Å². The van der Waals surface area contributed by atoms with Gasteiger partial charge in [-0.3, -0.25) is 4.79 Å². The topological polar surface area (TPSA) is 87.0 Å². The molecule has 0 spiro atoms. The van der Waals surface area contributed by atoms with E-state index in [4.69, 9.17) is 5.26 Å². The number of nitrogens with one attached hydrogen (secondary N) is 1. The predicted molar refractivity (Wildman–Crippen MR) is 83.4 cm³/mol. The number of anilines is 1. The lowest BCUT2D eigenvalue weighted by Gasteiger charge is -2.09. The third-order valence-electron chi connectivity index (χ3n) is 3.13. The maximum atomic E-state index is 12.3. The highest BCUT2D eigenvalue weighted by Gasteiger charge is 2.14. The highest BCUT2D eigenvalue weighted by Crippen LogP contribution is 2.18. The number of carbonyl (C=O) groups is 1. The summed E-state index contributed by atoms with van der Waals surface area (Å²) < 4.78 is 23.2. The molecule has 2 rings (SSSR count). The van der Waals surface area contributed by atoms with E-state index in [-0.39, 0.29) is 10.5 Å². The zero-order valence-corrected chi connectivity index (χ0v) is 12.9. The number of hydrogen-bond donors (Lipinski definition) is 1. The monoisotopic (exact) mass is 314 g/mol. The van der Waals surface area contributed by atoms with E-state index < -0.39 is 15.7 Å². The van der Waals surface area contributed by atoms with Gasteiger partial charge in [0.25, 0.3) is 5.91 Å². The van der Waals surface area contributed by atoms with Crippen molar-refractivity contribution in [2.45, 2.75) is 11.8 Å². The van der Waals surface area contributed by atoms with Gasteiger partial charge in [0.05, 0.1) is 16.5 Å². The molecule has 1 N–H and O–H groups in total. The van der Waals surface area contributed by atoms with Gasteiger partial charge in [0.15, 0.2) is 9.84 Å². The quantitative estimate of drug-likeness (QED) is 0.943. The van der Waals surface area contributed by atoms with Crippen LogP contribution in [0.4, 0.5) is 5.69 Å². The molecule has 2 aromatic carbocycles. The third kappa shape index (κ3) is 3.51. The summed E-state index contributed by atoms with van der Waals surface area (Å²) in [5.74, 6) is -0.418. The first kappa shape index (κ1) is 15.7. The number of carbonyl (C=O) groups excluding carboxylic acids is 1. The Morgan fingerprint density at radius 3 is 2.55 bits per heavy atom. The number of amides is 1. The van der Waals surface area contributed by atoms with Crippen molar-refractivity contribution >= 4 is 21.4 Å². The van der Waals surface area contributed by atoms with E-state index in [2.05, 4.69) is 5.32 Å². The molecule has 0 radical (unpaired) electrons. The van der Waals surface area contributed by atoms with Crippen LogP contribution in [0.25, 0.3) is 0 Å². The molecule has 0 atom stereocenters. The SMILES string of the molecule is Cc1ccc(S(C)(=O)=O)cc1C(=O)Nc1cccc(C#N)c1. The Bertz CT molecular complexity index is 881. The minimum atomic E-state index is -3.38. The van der Waals surface area contributed by atoms with Crippen molar-refractivity contribution in [3.8, 4) is 6.07 Å². The first-order valence-corrected chi connectivity index (χ1v) is 8.32. The van der Waals surface area contributed by atoms with E-state index in [9.17, 15) is 13.2 Å². The highest BCUT2D eigenvalue weighted by atomic mass is 32.2. The number of nitrogens with zero attached hydrogens (tertiary/aromatic N) is 1. The van der Waals surface area contributed by atoms with Crippen molar-refractivity contribution in [2.75, 3.05) is 11.6 Å². The molecule has 5 nitrogen and oxygen atoms in total. The van der Waals surface area contributed by atoms with Gasteiger partial charge in [0.2, 0.25) is 0 Å². The maximum Gasteiger partial charge on any atom is 0.255 e. The molecule has 2 aromatic rings. The molecule has 0 aliphatic heterocycles. The van der Waals surface area contributed by atoms with Gasteiger partial charge in [-0.05, 0) is 42.8 Å². The smallest absolute Gasteiger partial charge is 0.255 e. The van der Waals surface area contributed by atoms with Gasteiger partial charge in [-0.15, -0.1) is 0 Å². The fourth-order valence-corrected chi connectivity index (χ4v) is 2.59. The van der Waals surface area contributed by atoms with E-state index in [1.54, 1.807) is 37.3 Å². The van der Waals surface area contributed by atoms with Crippen LogP contribution in [-0.2, 0) is 9.84 Å². The summed E-state index contributed by atoms with van der Waals surface area (Å²) in [6, 6.07) is 12.9. The lowest BCUT2D eigenvalue weighted by atomic mass is 10.1. The van der Waals surface area contributed by atoms with Crippen molar-refractivity contribution in [3.05, 3.63) is 59.2 Å². The zero-order valence-electron chi connectivity index (χ0n) is 12.1. The molecule has 1 amide bonds. The van der Waals surface area contributed by atoms with E-state index in [1.807, 2.05) is 6.07 Å². The second-order valence-electron chi connectivity index (χ2n) is 4.90. The van der Waals surface area contributed by atoms with Gasteiger partial charge < -0.3 is 5.32 Å². The molecular weight excluding hydrogens is 300 g/mol. The molecule has 0 unspecified atom stereocenters. The van der Waals surface area contributed by atoms with Gasteiger partial charge in [0, 0.05) is 17.5 Å². The van der Waals surface area contributed by atoms with Gasteiger partial charge in [-0.1, -0.05) is 12.1 Å². The summed E-state index contributed by atoms with van der Waals surface area (Å²) in [6.07, 6.45) is 1.09. The van der Waals surface area contributed by atoms with Crippen LogP contribution >= 0.6 is 0 Å². The zero-order chi connectivity index (χ0) is 16.3. The van der Waals surface area contributed by atoms with Crippen LogP contribution in [0.5, 0.6) is 0 Å². The Labute approximate surface area is 129 Å². The molecule has 6 heteroatoms. The van der Waals surface area contributed by atoms with Crippen LogP contribution in [0.15, 0.2) is 47.4 Å². The number of sulfone groups is 1. The normalized spacial score (nSPS) is 10.8. The largest absolute Gasteiger partial charge is 0.322 e. The van der Waals surface area contributed by atoms with E-state index >= 15 is 0 Å². The van der Waals surface area contributed by atoms with Gasteiger partial charge >= 0.3 is 0 Å². The minimum absolute atomic E-state index is 0.0917. The third-order valence-corrected chi connectivity index (χ3v) is 4.24. The summed E-state index contributed by atoms with van der Waals surface area (Å²) in [6.45, 7) is 1.73. The summed E-state index contributed by atoms with van der Waals surface area (Å²) in [4.78, 5) is 12.4. The average Bonchev–Trinajstić information content (AvgIpc) is 2.46. The van der Waals surface area contributed by atoms with Gasteiger partial charge in [0.1, 0.15) is 0 Å². The Morgan fingerprint density at radius 1 is 1.18 bits per heavy atom. The molecule has 112 valence electrons. The van der Waals surface area contributed by atoms with Crippen LogP contribution in [0.3, 0.4) is 0 Å². The van der Waals surface area contributed by atoms with Gasteiger partial charge in [-0.2, -0.15) is 5.26 Å². The summed E-state index contributed by atoms with van der Waals surface area (Å²) in [5, 5.41) is 11.5. The molecular formula is C16H14N2O3S. The molecule has 0 saturated heterocycles. The lowest BCUT2D eigenvalue weighted by Crippen LogP contribution is -2.14. The van der Waals surface area contributed by atoms with Crippen LogP contribution in [0.2, 0.25) is 0 Å². The second kappa shape index (κ2) is 6.00. The fourth-order valence-electron chi connectivity index (χ4n) is 1.94. The first-order valence-electron chi connectivity index (χ1n) is 6.43. The maximum absolute atomic E-state index is 12.3. The number of rotatable bonds is 3. The molecule has 0 aliphatic rings. The average molecular weight is 314 g/mol. The standard InChI is InChI=1S/C16H14N2O3S/c1-11-6-7-14(22(2,20)21)9-15(11)16(19)18-13-5-3-4-12(8-13)10-17/h3-9H,1-2H3,(H,18,19). The Kier molecular flexibility index (Phi) is 4.29. The number of hydrogen-bond acceptors (Lipinski definition) is 4. The Morgan fingerprint density at radius 2 is 1.91 bits per heavy atom. The van der Waals surface area contributed by atoms with Crippen molar-refractivity contribution in [1.29, 1.82) is 5.26 Å². The second-order valence-corrected chi connectivity index (χ2v) is 6.91. The first-order chi connectivity index (χ1) is 10.3. The van der Waals surface area contributed by atoms with E-state index in [1.165, 1.54) is 12.1 Å². The highest BCUT2D eigenvalue weighted by molar-refractivity contribution is 7.90. The summed E-state index contributed by atoms with van der Waals surface area (Å²) >= 11 is 0. The summed E-state index contributed by atoms with van der Waals surface area (Å²) in [5.41, 5.74) is 1.86. The van der Waals surface area contributed by atoms with Crippen molar-refractivity contribution in [2.24, 2.45) is 0 Å². The number of nitriles is 1. The minimum Gasteiger partial charge on any atom is -0.322 e. The molecule has 22 heavy (non-hydrogen) atoms. The Balaban J connectivity index is 2.35. The van der Waals surface area contributed by atoms with Crippen LogP contribution in [-0.4, -0.2) is 20.6 Å².